The summed E-state index contributed by atoms with van der Waals surface area (Å²) in [6, 6.07) is 11.8. The molecule has 3 nitrogen and oxygen atoms in total. The largest absolute Gasteiger partial charge is 0.376 e. The normalized spacial score (nSPS) is 10.2. The molecule has 0 unspecified atom stereocenters. The molecule has 20 heavy (non-hydrogen) atoms. The number of carbonyl (C=O) groups excluding carboxylic acids is 1. The number of hydrogen-bond acceptors (Lipinski definition) is 2. The second kappa shape index (κ2) is 6.19. The topological polar surface area (TPSA) is 41.1 Å². The first kappa shape index (κ1) is 14.1. The predicted molar refractivity (Wildman–Crippen MR) is 79.4 cm³/mol. The van der Waals surface area contributed by atoms with E-state index in [1.54, 1.807) is 12.1 Å². The van der Waals surface area contributed by atoms with E-state index in [1.807, 2.05) is 32.0 Å². The van der Waals surface area contributed by atoms with Crippen LogP contribution < -0.4 is 10.6 Å². The Morgan fingerprint density at radius 1 is 1.10 bits per heavy atom. The Morgan fingerprint density at radius 3 is 2.40 bits per heavy atom. The molecule has 0 fully saturated rings. The lowest BCUT2D eigenvalue weighted by molar-refractivity contribution is -0.114. The molecule has 0 radical (unpaired) electrons. The van der Waals surface area contributed by atoms with E-state index in [4.69, 9.17) is 0 Å². The summed E-state index contributed by atoms with van der Waals surface area (Å²) in [6.07, 6.45) is 0. The third kappa shape index (κ3) is 3.57. The van der Waals surface area contributed by atoms with E-state index < -0.39 is 0 Å². The Morgan fingerprint density at radius 2 is 1.75 bits per heavy atom. The number of anilines is 2. The number of hydrogen-bond donors (Lipinski definition) is 2. The highest BCUT2D eigenvalue weighted by atomic mass is 19.1. The number of aryl methyl sites for hydroxylation is 2. The van der Waals surface area contributed by atoms with Crippen molar-refractivity contribution in [3.05, 3.63) is 59.4 Å². The maximum absolute atomic E-state index is 13.0. The van der Waals surface area contributed by atoms with Crippen molar-refractivity contribution < 1.29 is 9.18 Å². The first-order chi connectivity index (χ1) is 9.56. The molecule has 104 valence electrons. The van der Waals surface area contributed by atoms with Gasteiger partial charge in [-0.05, 0) is 43.2 Å². The summed E-state index contributed by atoms with van der Waals surface area (Å²) in [7, 11) is 0. The Kier molecular flexibility index (Phi) is 4.35. The summed E-state index contributed by atoms with van der Waals surface area (Å²) in [5, 5.41) is 5.76. The van der Waals surface area contributed by atoms with Crippen LogP contribution in [0, 0.1) is 19.7 Å². The second-order valence-corrected chi connectivity index (χ2v) is 4.68. The van der Waals surface area contributed by atoms with E-state index in [0.29, 0.717) is 5.69 Å². The molecule has 2 aromatic rings. The van der Waals surface area contributed by atoms with Crippen molar-refractivity contribution in [3.8, 4) is 0 Å². The fourth-order valence-electron chi connectivity index (χ4n) is 2.03. The van der Waals surface area contributed by atoms with Crippen LogP contribution in [0.5, 0.6) is 0 Å². The lowest BCUT2D eigenvalue weighted by Gasteiger charge is -2.12. The van der Waals surface area contributed by atoms with Crippen LogP contribution in [0.2, 0.25) is 0 Å². The van der Waals surface area contributed by atoms with Gasteiger partial charge in [-0.3, -0.25) is 4.79 Å². The monoisotopic (exact) mass is 272 g/mol. The first-order valence-corrected chi connectivity index (χ1v) is 6.42. The first-order valence-electron chi connectivity index (χ1n) is 6.42. The SMILES string of the molecule is Cc1cccc(C)c1NCC(=O)Nc1cccc(F)c1. The van der Waals surface area contributed by atoms with Gasteiger partial charge >= 0.3 is 0 Å². The van der Waals surface area contributed by atoms with E-state index in [0.717, 1.165) is 16.8 Å². The highest BCUT2D eigenvalue weighted by molar-refractivity contribution is 5.93. The zero-order valence-electron chi connectivity index (χ0n) is 11.5. The number of para-hydroxylation sites is 1. The summed E-state index contributed by atoms with van der Waals surface area (Å²) < 4.78 is 13.0. The van der Waals surface area contributed by atoms with Crippen LogP contribution >= 0.6 is 0 Å². The molecule has 0 spiro atoms. The summed E-state index contributed by atoms with van der Waals surface area (Å²) in [5.74, 6) is -0.580. The van der Waals surface area contributed by atoms with Crippen LogP contribution in [0.4, 0.5) is 15.8 Å². The number of carbonyl (C=O) groups is 1. The van der Waals surface area contributed by atoms with Crippen LogP contribution in [-0.2, 0) is 4.79 Å². The van der Waals surface area contributed by atoms with E-state index in [1.165, 1.54) is 12.1 Å². The van der Waals surface area contributed by atoms with E-state index in [-0.39, 0.29) is 18.3 Å². The molecule has 0 aromatic heterocycles. The van der Waals surface area contributed by atoms with E-state index >= 15 is 0 Å². The average molecular weight is 272 g/mol. The number of amides is 1. The minimum atomic E-state index is -0.370. The minimum absolute atomic E-state index is 0.141. The van der Waals surface area contributed by atoms with Gasteiger partial charge in [0.15, 0.2) is 0 Å². The standard InChI is InChI=1S/C16H17FN2O/c1-11-5-3-6-12(2)16(11)18-10-15(20)19-14-8-4-7-13(17)9-14/h3-9,18H,10H2,1-2H3,(H,19,20). The smallest absolute Gasteiger partial charge is 0.243 e. The van der Waals surface area contributed by atoms with Crippen LogP contribution in [0.1, 0.15) is 11.1 Å². The van der Waals surface area contributed by atoms with Gasteiger partial charge in [0.2, 0.25) is 5.91 Å². The highest BCUT2D eigenvalue weighted by Gasteiger charge is 2.06. The molecule has 0 bridgehead atoms. The molecule has 2 rings (SSSR count). The lowest BCUT2D eigenvalue weighted by atomic mass is 10.1. The van der Waals surface area contributed by atoms with E-state index in [9.17, 15) is 9.18 Å². The van der Waals surface area contributed by atoms with Crippen molar-refractivity contribution in [3.63, 3.8) is 0 Å². The molecule has 4 heteroatoms. The zero-order chi connectivity index (χ0) is 14.5. The molecule has 0 aliphatic heterocycles. The maximum Gasteiger partial charge on any atom is 0.243 e. The van der Waals surface area contributed by atoms with Crippen molar-refractivity contribution in [2.75, 3.05) is 17.2 Å². The number of halogens is 1. The van der Waals surface area contributed by atoms with Gasteiger partial charge in [0.1, 0.15) is 5.82 Å². The van der Waals surface area contributed by atoms with Crippen LogP contribution in [0.3, 0.4) is 0 Å². The average Bonchev–Trinajstić information content (AvgIpc) is 2.38. The van der Waals surface area contributed by atoms with Gasteiger partial charge in [0.05, 0.1) is 6.54 Å². The number of benzene rings is 2. The lowest BCUT2D eigenvalue weighted by Crippen LogP contribution is -2.22. The van der Waals surface area contributed by atoms with Crippen molar-refractivity contribution in [2.45, 2.75) is 13.8 Å². The Bertz CT molecular complexity index is 605. The van der Waals surface area contributed by atoms with Gasteiger partial charge in [-0.1, -0.05) is 24.3 Å². The fraction of sp³-hybridized carbons (Fsp3) is 0.188. The molecule has 2 N–H and O–H groups in total. The Labute approximate surface area is 117 Å². The molecule has 2 aromatic carbocycles. The third-order valence-corrected chi connectivity index (χ3v) is 3.02. The highest BCUT2D eigenvalue weighted by Crippen LogP contribution is 2.19. The molecule has 0 saturated carbocycles. The minimum Gasteiger partial charge on any atom is -0.376 e. The van der Waals surface area contributed by atoms with Crippen molar-refractivity contribution in [1.29, 1.82) is 0 Å². The number of rotatable bonds is 4. The zero-order valence-corrected chi connectivity index (χ0v) is 11.5. The molecule has 1 amide bonds. The van der Waals surface area contributed by atoms with Crippen molar-refractivity contribution in [2.24, 2.45) is 0 Å². The quantitative estimate of drug-likeness (QED) is 0.894. The van der Waals surface area contributed by atoms with Gasteiger partial charge in [-0.2, -0.15) is 0 Å². The second-order valence-electron chi connectivity index (χ2n) is 4.68. The molecule has 0 aliphatic rings. The van der Waals surface area contributed by atoms with Gasteiger partial charge in [-0.15, -0.1) is 0 Å². The summed E-state index contributed by atoms with van der Waals surface area (Å²) in [5.41, 5.74) is 3.59. The Hall–Kier alpha value is -2.36. The van der Waals surface area contributed by atoms with Crippen LogP contribution in [0.25, 0.3) is 0 Å². The van der Waals surface area contributed by atoms with Gasteiger partial charge in [0, 0.05) is 11.4 Å². The van der Waals surface area contributed by atoms with Crippen molar-refractivity contribution in [1.82, 2.24) is 0 Å². The predicted octanol–water partition coefficient (Wildman–Crippen LogP) is 3.49. The fourth-order valence-corrected chi connectivity index (χ4v) is 2.03. The van der Waals surface area contributed by atoms with Gasteiger partial charge in [-0.25, -0.2) is 4.39 Å². The maximum atomic E-state index is 13.0. The molecule has 0 atom stereocenters. The molecule has 0 saturated heterocycles. The van der Waals surface area contributed by atoms with Gasteiger partial charge in [0.25, 0.3) is 0 Å². The Balaban J connectivity index is 1.96. The molecule has 0 heterocycles. The van der Waals surface area contributed by atoms with Gasteiger partial charge < -0.3 is 10.6 Å². The third-order valence-electron chi connectivity index (χ3n) is 3.02. The van der Waals surface area contributed by atoms with Crippen LogP contribution in [-0.4, -0.2) is 12.5 Å². The summed E-state index contributed by atoms with van der Waals surface area (Å²) in [6.45, 7) is 4.11. The molecular formula is C16H17FN2O. The number of nitrogens with one attached hydrogen (secondary N) is 2. The summed E-state index contributed by atoms with van der Waals surface area (Å²) in [4.78, 5) is 11.8. The van der Waals surface area contributed by atoms with Crippen LogP contribution in [0.15, 0.2) is 42.5 Å². The molecule has 0 aliphatic carbocycles. The van der Waals surface area contributed by atoms with Crippen molar-refractivity contribution >= 4 is 17.3 Å². The summed E-state index contributed by atoms with van der Waals surface area (Å²) >= 11 is 0. The molecular weight excluding hydrogens is 255 g/mol. The van der Waals surface area contributed by atoms with E-state index in [2.05, 4.69) is 10.6 Å².